The van der Waals surface area contributed by atoms with Gasteiger partial charge in [-0.25, -0.2) is 0 Å². The fraction of sp³-hybridized carbons (Fsp3) is 0.391. The normalized spacial score (nSPS) is 14.5. The molecule has 2 amide bonds. The summed E-state index contributed by atoms with van der Waals surface area (Å²) in [4.78, 5) is 28.9. The maximum absolute atomic E-state index is 12.6. The first kappa shape index (κ1) is 19.9. The largest absolute Gasteiger partial charge is 0.493 e. The van der Waals surface area contributed by atoms with E-state index in [2.05, 4.69) is 0 Å². The quantitative estimate of drug-likeness (QED) is 0.798. The van der Waals surface area contributed by atoms with Gasteiger partial charge in [-0.2, -0.15) is 0 Å². The topological polar surface area (TPSA) is 49.9 Å². The number of hydrogen-bond acceptors (Lipinski definition) is 3. The highest BCUT2D eigenvalue weighted by Crippen LogP contribution is 2.20. The van der Waals surface area contributed by atoms with Crippen LogP contribution in [0.4, 0.5) is 0 Å². The van der Waals surface area contributed by atoms with E-state index in [0.717, 1.165) is 17.7 Å². The van der Waals surface area contributed by atoms with Crippen LogP contribution < -0.4 is 4.74 Å². The summed E-state index contributed by atoms with van der Waals surface area (Å²) in [6, 6.07) is 15.3. The third-order valence-electron chi connectivity index (χ3n) is 5.28. The van der Waals surface area contributed by atoms with Crippen LogP contribution in [0.3, 0.4) is 0 Å². The lowest BCUT2D eigenvalue weighted by Gasteiger charge is -2.22. The number of amides is 2. The van der Waals surface area contributed by atoms with E-state index in [1.807, 2.05) is 72.2 Å². The van der Waals surface area contributed by atoms with Crippen LogP contribution >= 0.6 is 0 Å². The Labute approximate surface area is 166 Å². The molecule has 2 aromatic rings. The minimum absolute atomic E-state index is 0.0353. The summed E-state index contributed by atoms with van der Waals surface area (Å²) < 4.78 is 5.82. The van der Waals surface area contributed by atoms with Gasteiger partial charge in [0.05, 0.1) is 13.0 Å². The molecule has 1 saturated heterocycles. The standard InChI is InChI=1S/C23H28N2O3/c1-18-8-6-11-21(19(18)2)28-17-12-22(26)24-13-7-14-25(16-15-24)23(27)20-9-4-3-5-10-20/h3-6,8-11H,7,12-17H2,1-2H3. The highest BCUT2D eigenvalue weighted by Gasteiger charge is 2.22. The molecule has 0 aromatic heterocycles. The number of aryl methyl sites for hydroxylation is 1. The zero-order chi connectivity index (χ0) is 19.9. The molecule has 1 aliphatic rings. The second-order valence-corrected chi connectivity index (χ2v) is 7.19. The second kappa shape index (κ2) is 9.40. The van der Waals surface area contributed by atoms with E-state index < -0.39 is 0 Å². The second-order valence-electron chi connectivity index (χ2n) is 7.19. The van der Waals surface area contributed by atoms with Crippen molar-refractivity contribution in [1.82, 2.24) is 9.80 Å². The number of hydrogen-bond donors (Lipinski definition) is 0. The fourth-order valence-electron chi connectivity index (χ4n) is 3.42. The van der Waals surface area contributed by atoms with Gasteiger partial charge in [0.1, 0.15) is 5.75 Å². The van der Waals surface area contributed by atoms with Gasteiger partial charge in [-0.1, -0.05) is 30.3 Å². The van der Waals surface area contributed by atoms with Crippen LogP contribution in [-0.2, 0) is 4.79 Å². The van der Waals surface area contributed by atoms with Crippen molar-refractivity contribution in [2.45, 2.75) is 26.7 Å². The molecule has 0 aliphatic carbocycles. The number of benzene rings is 2. The third kappa shape index (κ3) is 4.91. The Morgan fingerprint density at radius 3 is 2.39 bits per heavy atom. The first-order valence-electron chi connectivity index (χ1n) is 9.87. The third-order valence-corrected chi connectivity index (χ3v) is 5.28. The van der Waals surface area contributed by atoms with Gasteiger partial charge in [0, 0.05) is 31.7 Å². The Bertz CT molecular complexity index is 820. The summed E-state index contributed by atoms with van der Waals surface area (Å²) in [5, 5.41) is 0. The van der Waals surface area contributed by atoms with Gasteiger partial charge < -0.3 is 14.5 Å². The summed E-state index contributed by atoms with van der Waals surface area (Å²) in [5.41, 5.74) is 2.99. The number of carbonyl (C=O) groups excluding carboxylic acids is 2. The van der Waals surface area contributed by atoms with Crippen LogP contribution in [-0.4, -0.2) is 54.4 Å². The highest BCUT2D eigenvalue weighted by molar-refractivity contribution is 5.94. The highest BCUT2D eigenvalue weighted by atomic mass is 16.5. The molecule has 1 fully saturated rings. The van der Waals surface area contributed by atoms with E-state index in [-0.39, 0.29) is 11.8 Å². The SMILES string of the molecule is Cc1cccc(OCCC(=O)N2CCCN(C(=O)c3ccccc3)CC2)c1C. The minimum atomic E-state index is 0.0353. The fourth-order valence-corrected chi connectivity index (χ4v) is 3.42. The molecule has 1 heterocycles. The van der Waals surface area contributed by atoms with Gasteiger partial charge in [-0.3, -0.25) is 9.59 Å². The molecule has 0 spiro atoms. The first-order chi connectivity index (χ1) is 13.6. The van der Waals surface area contributed by atoms with Gasteiger partial charge in [-0.15, -0.1) is 0 Å². The Balaban J connectivity index is 1.49. The average Bonchev–Trinajstić information content (AvgIpc) is 2.97. The molecule has 1 aliphatic heterocycles. The lowest BCUT2D eigenvalue weighted by Crippen LogP contribution is -2.37. The molecule has 0 saturated carbocycles. The van der Waals surface area contributed by atoms with Crippen molar-refractivity contribution in [2.24, 2.45) is 0 Å². The Morgan fingerprint density at radius 2 is 1.61 bits per heavy atom. The molecule has 0 atom stereocenters. The first-order valence-corrected chi connectivity index (χ1v) is 9.87. The van der Waals surface area contributed by atoms with E-state index in [0.29, 0.717) is 44.8 Å². The molecule has 5 nitrogen and oxygen atoms in total. The van der Waals surface area contributed by atoms with Crippen molar-refractivity contribution in [1.29, 1.82) is 0 Å². The average molecular weight is 380 g/mol. The predicted molar refractivity (Wildman–Crippen MR) is 110 cm³/mol. The molecule has 0 N–H and O–H groups in total. The number of nitrogens with zero attached hydrogens (tertiary/aromatic N) is 2. The maximum Gasteiger partial charge on any atom is 0.253 e. The van der Waals surface area contributed by atoms with Gasteiger partial charge in [0.2, 0.25) is 5.91 Å². The smallest absolute Gasteiger partial charge is 0.253 e. The molecule has 2 aromatic carbocycles. The van der Waals surface area contributed by atoms with Crippen LogP contribution in [0.5, 0.6) is 5.75 Å². The summed E-state index contributed by atoms with van der Waals surface area (Å²) >= 11 is 0. The minimum Gasteiger partial charge on any atom is -0.493 e. The van der Waals surface area contributed by atoms with Crippen molar-refractivity contribution < 1.29 is 14.3 Å². The summed E-state index contributed by atoms with van der Waals surface area (Å²) in [7, 11) is 0. The summed E-state index contributed by atoms with van der Waals surface area (Å²) in [6.45, 7) is 6.94. The number of carbonyl (C=O) groups is 2. The molecule has 3 rings (SSSR count). The Morgan fingerprint density at radius 1 is 0.893 bits per heavy atom. The molecule has 0 bridgehead atoms. The van der Waals surface area contributed by atoms with Crippen molar-refractivity contribution >= 4 is 11.8 Å². The zero-order valence-electron chi connectivity index (χ0n) is 16.7. The van der Waals surface area contributed by atoms with E-state index in [1.54, 1.807) is 0 Å². The molecule has 5 heteroatoms. The summed E-state index contributed by atoms with van der Waals surface area (Å²) in [6.07, 6.45) is 1.14. The van der Waals surface area contributed by atoms with Crippen LogP contribution in [0.15, 0.2) is 48.5 Å². The van der Waals surface area contributed by atoms with Gasteiger partial charge in [-0.05, 0) is 49.6 Å². The molecule has 148 valence electrons. The lowest BCUT2D eigenvalue weighted by molar-refractivity contribution is -0.131. The Hall–Kier alpha value is -2.82. The molecular weight excluding hydrogens is 352 g/mol. The van der Waals surface area contributed by atoms with Gasteiger partial charge in [0.25, 0.3) is 5.91 Å². The predicted octanol–water partition coefficient (Wildman–Crippen LogP) is 3.45. The monoisotopic (exact) mass is 380 g/mol. The van der Waals surface area contributed by atoms with Crippen LogP contribution in [0.2, 0.25) is 0 Å². The van der Waals surface area contributed by atoms with E-state index in [4.69, 9.17) is 4.74 Å². The van der Waals surface area contributed by atoms with Crippen molar-refractivity contribution in [3.8, 4) is 5.75 Å². The van der Waals surface area contributed by atoms with Gasteiger partial charge in [0.15, 0.2) is 0 Å². The number of ether oxygens (including phenoxy) is 1. The van der Waals surface area contributed by atoms with E-state index >= 15 is 0 Å². The molecule has 28 heavy (non-hydrogen) atoms. The molecule has 0 unspecified atom stereocenters. The van der Waals surface area contributed by atoms with E-state index in [1.165, 1.54) is 5.56 Å². The van der Waals surface area contributed by atoms with Crippen LogP contribution in [0.1, 0.15) is 34.3 Å². The maximum atomic E-state index is 12.6. The Kier molecular flexibility index (Phi) is 6.69. The van der Waals surface area contributed by atoms with Gasteiger partial charge >= 0.3 is 0 Å². The van der Waals surface area contributed by atoms with E-state index in [9.17, 15) is 9.59 Å². The van der Waals surface area contributed by atoms with Crippen LogP contribution in [0, 0.1) is 13.8 Å². The zero-order valence-corrected chi connectivity index (χ0v) is 16.7. The molecular formula is C23H28N2O3. The summed E-state index contributed by atoms with van der Waals surface area (Å²) in [5.74, 6) is 0.954. The van der Waals surface area contributed by atoms with Crippen molar-refractivity contribution in [3.05, 3.63) is 65.2 Å². The van der Waals surface area contributed by atoms with Crippen molar-refractivity contribution in [3.63, 3.8) is 0 Å². The lowest BCUT2D eigenvalue weighted by atomic mass is 10.1. The van der Waals surface area contributed by atoms with Crippen molar-refractivity contribution in [2.75, 3.05) is 32.8 Å². The number of rotatable bonds is 5. The van der Waals surface area contributed by atoms with Crippen LogP contribution in [0.25, 0.3) is 0 Å². The molecule has 0 radical (unpaired) electrons.